The van der Waals surface area contributed by atoms with E-state index in [-0.39, 0.29) is 0 Å². The van der Waals surface area contributed by atoms with Gasteiger partial charge in [-0.05, 0) is 18.4 Å². The van der Waals surface area contributed by atoms with Crippen LogP contribution < -0.4 is 0 Å². The van der Waals surface area contributed by atoms with Crippen molar-refractivity contribution in [2.45, 2.75) is 40.0 Å². The Morgan fingerprint density at radius 1 is 1.21 bits per heavy atom. The van der Waals surface area contributed by atoms with Crippen molar-refractivity contribution in [3.63, 3.8) is 0 Å². The van der Waals surface area contributed by atoms with Gasteiger partial charge in [0.15, 0.2) is 0 Å². The Morgan fingerprint density at radius 3 is 2.36 bits per heavy atom. The molecule has 2 nitrogen and oxygen atoms in total. The van der Waals surface area contributed by atoms with Gasteiger partial charge in [0, 0.05) is 11.6 Å². The molecule has 14 heavy (non-hydrogen) atoms. The first kappa shape index (κ1) is 11.4. The van der Waals surface area contributed by atoms with Gasteiger partial charge in [-0.15, -0.1) is 0 Å². The molecular weight excluding hydrogens is 196 g/mol. The summed E-state index contributed by atoms with van der Waals surface area (Å²) < 4.78 is 0. The molecule has 0 N–H and O–H groups in total. The van der Waals surface area contributed by atoms with Crippen molar-refractivity contribution in [1.29, 1.82) is 0 Å². The third-order valence-electron chi connectivity index (χ3n) is 1.90. The van der Waals surface area contributed by atoms with E-state index in [9.17, 15) is 0 Å². The molecule has 0 aromatic carbocycles. The summed E-state index contributed by atoms with van der Waals surface area (Å²) in [5, 5.41) is 0.555. The van der Waals surface area contributed by atoms with E-state index < -0.39 is 0 Å². The molecule has 0 fully saturated rings. The van der Waals surface area contributed by atoms with E-state index in [0.29, 0.717) is 17.0 Å². The zero-order valence-electron chi connectivity index (χ0n) is 9.21. The molecule has 1 aromatic rings. The molecule has 0 radical (unpaired) electrons. The van der Waals surface area contributed by atoms with Gasteiger partial charge in [-0.2, -0.15) is 0 Å². The van der Waals surface area contributed by atoms with E-state index in [2.05, 4.69) is 37.7 Å². The Balaban J connectivity index is 2.95. The third kappa shape index (κ3) is 3.26. The van der Waals surface area contributed by atoms with Gasteiger partial charge in [0.05, 0.1) is 0 Å². The molecule has 0 spiro atoms. The number of halogens is 1. The van der Waals surface area contributed by atoms with E-state index in [1.165, 1.54) is 0 Å². The van der Waals surface area contributed by atoms with Crippen molar-refractivity contribution < 1.29 is 0 Å². The van der Waals surface area contributed by atoms with Gasteiger partial charge >= 0.3 is 0 Å². The highest BCUT2D eigenvalue weighted by Crippen LogP contribution is 2.16. The number of rotatable bonds is 3. The second kappa shape index (κ2) is 4.74. The van der Waals surface area contributed by atoms with Crippen LogP contribution in [0.2, 0.25) is 5.15 Å². The van der Waals surface area contributed by atoms with Crippen LogP contribution in [-0.2, 0) is 6.42 Å². The molecule has 0 aliphatic carbocycles. The summed E-state index contributed by atoms with van der Waals surface area (Å²) in [5.74, 6) is 1.77. The highest BCUT2D eigenvalue weighted by molar-refractivity contribution is 6.29. The molecule has 1 aromatic heterocycles. The van der Waals surface area contributed by atoms with E-state index in [1.807, 2.05) is 6.07 Å². The predicted molar refractivity (Wildman–Crippen MR) is 59.7 cm³/mol. The van der Waals surface area contributed by atoms with Gasteiger partial charge < -0.3 is 0 Å². The molecule has 0 aliphatic rings. The lowest BCUT2D eigenvalue weighted by molar-refractivity contribution is 0.625. The van der Waals surface area contributed by atoms with Crippen molar-refractivity contribution in [3.8, 4) is 0 Å². The van der Waals surface area contributed by atoms with Crippen LogP contribution in [0.5, 0.6) is 0 Å². The van der Waals surface area contributed by atoms with Crippen molar-refractivity contribution in [2.24, 2.45) is 5.92 Å². The summed E-state index contributed by atoms with van der Waals surface area (Å²) in [6, 6.07) is 1.85. The molecule has 0 unspecified atom stereocenters. The number of nitrogens with zero attached hydrogens (tertiary/aromatic N) is 2. The zero-order chi connectivity index (χ0) is 10.7. The molecule has 0 amide bonds. The molecule has 78 valence electrons. The Hall–Kier alpha value is -0.630. The maximum absolute atomic E-state index is 5.93. The molecule has 1 rings (SSSR count). The largest absolute Gasteiger partial charge is 0.238 e. The Labute approximate surface area is 90.7 Å². The average Bonchev–Trinajstić information content (AvgIpc) is 2.01. The highest BCUT2D eigenvalue weighted by Gasteiger charge is 2.07. The lowest BCUT2D eigenvalue weighted by Gasteiger charge is -2.08. The quantitative estimate of drug-likeness (QED) is 0.718. The van der Waals surface area contributed by atoms with E-state index in [4.69, 9.17) is 11.6 Å². The monoisotopic (exact) mass is 212 g/mol. The van der Waals surface area contributed by atoms with Crippen LogP contribution in [0.15, 0.2) is 6.07 Å². The lowest BCUT2D eigenvalue weighted by Crippen LogP contribution is -2.04. The molecule has 0 saturated carbocycles. The third-order valence-corrected chi connectivity index (χ3v) is 2.09. The SMILES string of the molecule is CC(C)Cc1cc(Cl)nc(C(C)C)n1. The van der Waals surface area contributed by atoms with Crippen LogP contribution in [0.25, 0.3) is 0 Å². The minimum atomic E-state index is 0.333. The number of hydrogen-bond donors (Lipinski definition) is 0. The maximum atomic E-state index is 5.93. The average molecular weight is 213 g/mol. The van der Waals surface area contributed by atoms with Gasteiger partial charge in [-0.3, -0.25) is 0 Å². The Kier molecular flexibility index (Phi) is 3.87. The van der Waals surface area contributed by atoms with Gasteiger partial charge in [0.25, 0.3) is 0 Å². The maximum Gasteiger partial charge on any atom is 0.133 e. The van der Waals surface area contributed by atoms with Gasteiger partial charge in [0.1, 0.15) is 11.0 Å². The Morgan fingerprint density at radius 2 is 1.86 bits per heavy atom. The summed E-state index contributed by atoms with van der Waals surface area (Å²) in [5.41, 5.74) is 1.05. The molecule has 3 heteroatoms. The van der Waals surface area contributed by atoms with Crippen molar-refractivity contribution in [3.05, 3.63) is 22.7 Å². The highest BCUT2D eigenvalue weighted by atomic mass is 35.5. The van der Waals surface area contributed by atoms with Crippen LogP contribution in [0.3, 0.4) is 0 Å². The molecular formula is C11H17ClN2. The van der Waals surface area contributed by atoms with E-state index >= 15 is 0 Å². The second-order valence-corrected chi connectivity index (χ2v) is 4.68. The summed E-state index contributed by atoms with van der Waals surface area (Å²) in [7, 11) is 0. The lowest BCUT2D eigenvalue weighted by atomic mass is 10.1. The zero-order valence-corrected chi connectivity index (χ0v) is 9.97. The van der Waals surface area contributed by atoms with Crippen LogP contribution in [-0.4, -0.2) is 9.97 Å². The molecule has 0 bridgehead atoms. The standard InChI is InChI=1S/C11H17ClN2/c1-7(2)5-9-6-10(12)14-11(13-9)8(3)4/h6-8H,5H2,1-4H3. The van der Waals surface area contributed by atoms with Crippen molar-refractivity contribution in [2.75, 3.05) is 0 Å². The van der Waals surface area contributed by atoms with Crippen molar-refractivity contribution in [1.82, 2.24) is 9.97 Å². The second-order valence-electron chi connectivity index (χ2n) is 4.29. The van der Waals surface area contributed by atoms with Crippen LogP contribution >= 0.6 is 11.6 Å². The molecule has 0 atom stereocenters. The first-order valence-corrected chi connectivity index (χ1v) is 5.40. The summed E-state index contributed by atoms with van der Waals surface area (Å²) in [4.78, 5) is 8.67. The molecule has 0 aliphatic heterocycles. The first-order chi connectivity index (χ1) is 6.49. The van der Waals surface area contributed by atoms with E-state index in [0.717, 1.165) is 17.9 Å². The minimum Gasteiger partial charge on any atom is -0.238 e. The van der Waals surface area contributed by atoms with Crippen molar-refractivity contribution >= 4 is 11.6 Å². The summed E-state index contributed by atoms with van der Waals surface area (Å²) in [6.45, 7) is 8.49. The van der Waals surface area contributed by atoms with Gasteiger partial charge in [0.2, 0.25) is 0 Å². The normalized spacial score (nSPS) is 11.4. The Bertz CT molecular complexity index is 308. The van der Waals surface area contributed by atoms with Crippen LogP contribution in [0, 0.1) is 5.92 Å². The fourth-order valence-electron chi connectivity index (χ4n) is 1.26. The number of hydrogen-bond acceptors (Lipinski definition) is 2. The summed E-state index contributed by atoms with van der Waals surface area (Å²) >= 11 is 5.93. The van der Waals surface area contributed by atoms with Crippen LogP contribution in [0.4, 0.5) is 0 Å². The number of aromatic nitrogens is 2. The predicted octanol–water partition coefficient (Wildman–Crippen LogP) is 3.45. The molecule has 1 heterocycles. The first-order valence-electron chi connectivity index (χ1n) is 5.02. The van der Waals surface area contributed by atoms with Gasteiger partial charge in [-0.1, -0.05) is 39.3 Å². The minimum absolute atomic E-state index is 0.333. The van der Waals surface area contributed by atoms with Crippen LogP contribution in [0.1, 0.15) is 45.1 Å². The smallest absolute Gasteiger partial charge is 0.133 e. The summed E-state index contributed by atoms with van der Waals surface area (Å²) in [6.07, 6.45) is 0.960. The van der Waals surface area contributed by atoms with E-state index in [1.54, 1.807) is 0 Å². The fraction of sp³-hybridized carbons (Fsp3) is 0.636. The van der Waals surface area contributed by atoms with Gasteiger partial charge in [-0.25, -0.2) is 9.97 Å². The molecule has 0 saturated heterocycles. The topological polar surface area (TPSA) is 25.8 Å². The fourth-order valence-corrected chi connectivity index (χ4v) is 1.48.